The summed E-state index contributed by atoms with van der Waals surface area (Å²) in [6.45, 7) is 1.72. The van der Waals surface area contributed by atoms with Crippen LogP contribution in [-0.2, 0) is 19.1 Å². The number of hydrogen-bond acceptors (Lipinski definition) is 5. The molecule has 120 valence electrons. The Morgan fingerprint density at radius 2 is 1.90 bits per heavy atom. The lowest BCUT2D eigenvalue weighted by atomic mass is 10.1. The van der Waals surface area contributed by atoms with Crippen LogP contribution in [0.5, 0.6) is 0 Å². The van der Waals surface area contributed by atoms with E-state index in [2.05, 4.69) is 15.4 Å². The molecule has 0 bridgehead atoms. The Kier molecular flexibility index (Phi) is 8.51. The van der Waals surface area contributed by atoms with E-state index in [1.165, 1.54) is 14.2 Å². The number of urea groups is 1. The minimum Gasteiger partial charge on any atom is -0.480 e. The average molecular weight is 303 g/mol. The molecule has 0 saturated carbocycles. The number of aliphatic carboxylic acids is 1. The molecular formula is C12H21N3O6. The fraction of sp³-hybridized carbons (Fsp3) is 0.667. The molecule has 9 nitrogen and oxygen atoms in total. The van der Waals surface area contributed by atoms with Crippen molar-refractivity contribution in [3.05, 3.63) is 0 Å². The highest BCUT2D eigenvalue weighted by Gasteiger charge is 2.24. The van der Waals surface area contributed by atoms with Gasteiger partial charge in [-0.15, -0.1) is 0 Å². The van der Waals surface area contributed by atoms with Crippen molar-refractivity contribution >= 4 is 23.9 Å². The van der Waals surface area contributed by atoms with Crippen molar-refractivity contribution in [1.82, 2.24) is 15.5 Å². The normalized spacial score (nSPS) is 11.2. The molecule has 0 aliphatic rings. The molecule has 3 N–H and O–H groups in total. The third-order valence-electron chi connectivity index (χ3n) is 2.74. The first-order valence-corrected chi connectivity index (χ1v) is 6.41. The van der Waals surface area contributed by atoms with E-state index < -0.39 is 24.0 Å². The Hall–Kier alpha value is -2.32. The second kappa shape index (κ2) is 9.56. The van der Waals surface area contributed by atoms with Crippen molar-refractivity contribution in [3.8, 4) is 0 Å². The van der Waals surface area contributed by atoms with Crippen LogP contribution in [-0.4, -0.2) is 67.2 Å². The summed E-state index contributed by atoms with van der Waals surface area (Å²) in [5, 5.41) is 13.7. The minimum absolute atomic E-state index is 0.0920. The van der Waals surface area contributed by atoms with Gasteiger partial charge in [0.25, 0.3) is 0 Å². The average Bonchev–Trinajstić information content (AvgIpc) is 2.47. The lowest BCUT2D eigenvalue weighted by Gasteiger charge is -2.23. The van der Waals surface area contributed by atoms with E-state index in [9.17, 15) is 19.2 Å². The van der Waals surface area contributed by atoms with Gasteiger partial charge in [0.05, 0.1) is 7.11 Å². The fourth-order valence-corrected chi connectivity index (χ4v) is 1.44. The van der Waals surface area contributed by atoms with Crippen molar-refractivity contribution in [3.63, 3.8) is 0 Å². The molecular weight excluding hydrogens is 282 g/mol. The first-order chi connectivity index (χ1) is 9.85. The first-order valence-electron chi connectivity index (χ1n) is 6.41. The number of rotatable bonds is 8. The van der Waals surface area contributed by atoms with Crippen LogP contribution >= 0.6 is 0 Å². The van der Waals surface area contributed by atoms with Crippen LogP contribution in [0.1, 0.15) is 19.8 Å². The number of likely N-dealkylation sites (N-methyl/N-ethyl adjacent to an activating group) is 2. The Morgan fingerprint density at radius 1 is 1.29 bits per heavy atom. The van der Waals surface area contributed by atoms with Crippen LogP contribution in [0.25, 0.3) is 0 Å². The van der Waals surface area contributed by atoms with Crippen LogP contribution in [0.3, 0.4) is 0 Å². The second-order valence-corrected chi connectivity index (χ2v) is 4.14. The Morgan fingerprint density at radius 3 is 2.33 bits per heavy atom. The molecule has 1 atom stereocenters. The van der Waals surface area contributed by atoms with E-state index in [0.717, 1.165) is 4.90 Å². The topological polar surface area (TPSA) is 125 Å². The number of ether oxygens (including phenoxy) is 1. The standard InChI is InChI=1S/C12H21N3O6/c1-4-15(7-9(16)13-2)12(20)14-8(11(18)19)5-6-10(17)21-3/h8H,4-7H2,1-3H3,(H,13,16)(H,14,20)(H,18,19)/t8-/m1/s1. The molecule has 0 radical (unpaired) electrons. The predicted molar refractivity (Wildman–Crippen MR) is 72.5 cm³/mol. The van der Waals surface area contributed by atoms with Gasteiger partial charge >= 0.3 is 18.0 Å². The molecule has 21 heavy (non-hydrogen) atoms. The molecule has 3 amide bonds. The van der Waals surface area contributed by atoms with E-state index in [1.54, 1.807) is 6.92 Å². The van der Waals surface area contributed by atoms with Gasteiger partial charge in [-0.25, -0.2) is 9.59 Å². The van der Waals surface area contributed by atoms with Crippen LogP contribution < -0.4 is 10.6 Å². The molecule has 0 aromatic rings. The third kappa shape index (κ3) is 7.14. The highest BCUT2D eigenvalue weighted by Crippen LogP contribution is 2.01. The van der Waals surface area contributed by atoms with Gasteiger partial charge in [0.1, 0.15) is 12.6 Å². The zero-order valence-electron chi connectivity index (χ0n) is 12.3. The van der Waals surface area contributed by atoms with Gasteiger partial charge in [-0.2, -0.15) is 0 Å². The van der Waals surface area contributed by atoms with Crippen molar-refractivity contribution in [2.24, 2.45) is 0 Å². The number of carboxylic acid groups (broad SMARTS) is 1. The molecule has 0 aliphatic heterocycles. The molecule has 0 spiro atoms. The molecule has 0 aromatic heterocycles. The quantitative estimate of drug-likeness (QED) is 0.503. The molecule has 0 fully saturated rings. The summed E-state index contributed by atoms with van der Waals surface area (Å²) in [6.07, 6.45) is -0.222. The number of carboxylic acids is 1. The number of nitrogens with one attached hydrogen (secondary N) is 2. The third-order valence-corrected chi connectivity index (χ3v) is 2.74. The predicted octanol–water partition coefficient (Wildman–Crippen LogP) is -0.830. The van der Waals surface area contributed by atoms with Gasteiger partial charge in [0.2, 0.25) is 5.91 Å². The zero-order chi connectivity index (χ0) is 16.4. The molecule has 0 saturated heterocycles. The number of methoxy groups -OCH3 is 1. The van der Waals surface area contributed by atoms with E-state index in [0.29, 0.717) is 0 Å². The monoisotopic (exact) mass is 303 g/mol. The number of carbonyl (C=O) groups is 4. The smallest absolute Gasteiger partial charge is 0.326 e. The van der Waals surface area contributed by atoms with Crippen LogP contribution in [0, 0.1) is 0 Å². The van der Waals surface area contributed by atoms with Crippen LogP contribution in [0.2, 0.25) is 0 Å². The maximum absolute atomic E-state index is 11.9. The highest BCUT2D eigenvalue weighted by molar-refractivity contribution is 5.86. The Balaban J connectivity index is 4.60. The maximum atomic E-state index is 11.9. The van der Waals surface area contributed by atoms with Gasteiger partial charge < -0.3 is 25.4 Å². The maximum Gasteiger partial charge on any atom is 0.326 e. The highest BCUT2D eigenvalue weighted by atomic mass is 16.5. The molecule has 0 unspecified atom stereocenters. The number of amides is 3. The fourth-order valence-electron chi connectivity index (χ4n) is 1.44. The molecule has 0 aromatic carbocycles. The van der Waals surface area contributed by atoms with Crippen molar-refractivity contribution in [1.29, 1.82) is 0 Å². The molecule has 0 heterocycles. The van der Waals surface area contributed by atoms with Crippen molar-refractivity contribution in [2.75, 3.05) is 27.2 Å². The summed E-state index contributed by atoms with van der Waals surface area (Å²) in [4.78, 5) is 46.4. The number of hydrogen-bond donors (Lipinski definition) is 3. The van der Waals surface area contributed by atoms with Gasteiger partial charge in [-0.1, -0.05) is 0 Å². The van der Waals surface area contributed by atoms with Crippen molar-refractivity contribution in [2.45, 2.75) is 25.8 Å². The summed E-state index contributed by atoms with van der Waals surface area (Å²) in [5.41, 5.74) is 0. The molecule has 0 rings (SSSR count). The first kappa shape index (κ1) is 18.7. The van der Waals surface area contributed by atoms with Gasteiger partial charge in [0, 0.05) is 20.0 Å². The Labute approximate surface area is 122 Å². The van der Waals surface area contributed by atoms with Crippen LogP contribution in [0.15, 0.2) is 0 Å². The largest absolute Gasteiger partial charge is 0.480 e. The number of carbonyl (C=O) groups excluding carboxylic acids is 3. The van der Waals surface area contributed by atoms with E-state index >= 15 is 0 Å². The molecule has 0 aliphatic carbocycles. The molecule has 9 heteroatoms. The zero-order valence-corrected chi connectivity index (χ0v) is 12.3. The number of nitrogens with zero attached hydrogens (tertiary/aromatic N) is 1. The van der Waals surface area contributed by atoms with E-state index in [-0.39, 0.29) is 31.8 Å². The summed E-state index contributed by atoms with van der Waals surface area (Å²) < 4.78 is 4.41. The van der Waals surface area contributed by atoms with E-state index in [1.807, 2.05) is 0 Å². The van der Waals surface area contributed by atoms with Gasteiger partial charge in [-0.3, -0.25) is 9.59 Å². The lowest BCUT2D eigenvalue weighted by Crippen LogP contribution is -2.50. The number of esters is 1. The SMILES string of the molecule is CCN(CC(=O)NC)C(=O)N[C@H](CCC(=O)OC)C(=O)O. The minimum atomic E-state index is -1.26. The Bertz CT molecular complexity index is 398. The summed E-state index contributed by atoms with van der Waals surface area (Å²) >= 11 is 0. The summed E-state index contributed by atoms with van der Waals surface area (Å²) in [6, 6.07) is -1.91. The van der Waals surface area contributed by atoms with Crippen molar-refractivity contribution < 1.29 is 29.0 Å². The summed E-state index contributed by atoms with van der Waals surface area (Å²) in [5.74, 6) is -2.19. The summed E-state index contributed by atoms with van der Waals surface area (Å²) in [7, 11) is 2.63. The van der Waals surface area contributed by atoms with Gasteiger partial charge in [0.15, 0.2) is 0 Å². The van der Waals surface area contributed by atoms with Gasteiger partial charge in [-0.05, 0) is 13.3 Å². The van der Waals surface area contributed by atoms with Crippen LogP contribution in [0.4, 0.5) is 4.79 Å². The van der Waals surface area contributed by atoms with E-state index in [4.69, 9.17) is 5.11 Å². The lowest BCUT2D eigenvalue weighted by molar-refractivity contribution is -0.142. The second-order valence-electron chi connectivity index (χ2n) is 4.14.